The standard InChI is InChI=1S/C28H21F5N4O2/c29-18-4-6-20(7-5-18)37-23-9-8-21(13-17(23)15-34-37)36-24(38)14-22(25(36)16-2-1-3-19(30)12-16)35-26(39)27(10-11-27)28(31,32)33/h1-9,12-13,15,22,25H,10-11,14H2,(H,35,39). The van der Waals surface area contributed by atoms with E-state index in [4.69, 9.17) is 0 Å². The van der Waals surface area contributed by atoms with E-state index in [0.717, 1.165) is 0 Å². The van der Waals surface area contributed by atoms with E-state index >= 15 is 0 Å². The van der Waals surface area contributed by atoms with E-state index in [0.29, 0.717) is 27.8 Å². The molecule has 200 valence electrons. The Morgan fingerprint density at radius 1 is 0.949 bits per heavy atom. The van der Waals surface area contributed by atoms with E-state index in [1.165, 1.54) is 35.2 Å². The molecule has 2 fully saturated rings. The average Bonchev–Trinajstić information content (AvgIpc) is 3.53. The summed E-state index contributed by atoms with van der Waals surface area (Å²) in [7, 11) is 0. The molecular weight excluding hydrogens is 519 g/mol. The van der Waals surface area contributed by atoms with Gasteiger partial charge in [0, 0.05) is 17.5 Å². The molecule has 6 nitrogen and oxygen atoms in total. The second kappa shape index (κ2) is 8.89. The lowest BCUT2D eigenvalue weighted by Gasteiger charge is -2.30. The van der Waals surface area contributed by atoms with Crippen molar-refractivity contribution in [3.8, 4) is 5.69 Å². The summed E-state index contributed by atoms with van der Waals surface area (Å²) in [6, 6.07) is 14.3. The lowest BCUT2D eigenvalue weighted by atomic mass is 9.97. The van der Waals surface area contributed by atoms with Crippen molar-refractivity contribution in [2.75, 3.05) is 4.90 Å². The quantitative estimate of drug-likeness (QED) is 0.335. The molecule has 39 heavy (non-hydrogen) atoms. The molecule has 3 aromatic carbocycles. The number of nitrogens with zero attached hydrogens (tertiary/aromatic N) is 3. The van der Waals surface area contributed by atoms with Crippen LogP contribution in [0.4, 0.5) is 27.6 Å². The number of amides is 2. The highest BCUT2D eigenvalue weighted by atomic mass is 19.4. The Morgan fingerprint density at radius 3 is 2.33 bits per heavy atom. The van der Waals surface area contributed by atoms with E-state index < -0.39 is 47.1 Å². The summed E-state index contributed by atoms with van der Waals surface area (Å²) < 4.78 is 70.0. The van der Waals surface area contributed by atoms with E-state index in [1.54, 1.807) is 47.3 Å². The minimum Gasteiger partial charge on any atom is -0.350 e. The van der Waals surface area contributed by atoms with Gasteiger partial charge in [-0.2, -0.15) is 18.3 Å². The number of anilines is 1. The molecule has 2 heterocycles. The fraction of sp³-hybridized carbons (Fsp3) is 0.250. The van der Waals surface area contributed by atoms with Crippen molar-refractivity contribution in [3.63, 3.8) is 0 Å². The van der Waals surface area contributed by atoms with Gasteiger partial charge in [0.1, 0.15) is 17.0 Å². The summed E-state index contributed by atoms with van der Waals surface area (Å²) in [6.07, 6.45) is -4.02. The van der Waals surface area contributed by atoms with E-state index in [-0.39, 0.29) is 19.3 Å². The fourth-order valence-corrected chi connectivity index (χ4v) is 5.27. The van der Waals surface area contributed by atoms with Gasteiger partial charge in [0.15, 0.2) is 0 Å². The summed E-state index contributed by atoms with van der Waals surface area (Å²) in [4.78, 5) is 27.5. The van der Waals surface area contributed by atoms with Gasteiger partial charge in [-0.1, -0.05) is 12.1 Å². The maximum atomic E-state index is 14.2. The van der Waals surface area contributed by atoms with Gasteiger partial charge in [-0.15, -0.1) is 0 Å². The SMILES string of the molecule is O=C1CC(NC(=O)C2(C(F)(F)F)CC2)C(c2cccc(F)c2)N1c1ccc2c(cnn2-c2ccc(F)cc2)c1. The van der Waals surface area contributed by atoms with Gasteiger partial charge in [0.05, 0.1) is 29.5 Å². The van der Waals surface area contributed by atoms with Crippen LogP contribution in [0.1, 0.15) is 30.9 Å². The Labute approximate surface area is 219 Å². The molecule has 1 saturated heterocycles. The Bertz CT molecular complexity index is 1590. The van der Waals surface area contributed by atoms with Crippen LogP contribution in [-0.4, -0.2) is 33.8 Å². The molecule has 1 N–H and O–H groups in total. The highest BCUT2D eigenvalue weighted by molar-refractivity contribution is 6.00. The summed E-state index contributed by atoms with van der Waals surface area (Å²) in [5, 5.41) is 7.47. The molecule has 0 bridgehead atoms. The van der Waals surface area contributed by atoms with Crippen LogP contribution < -0.4 is 10.2 Å². The average molecular weight is 540 g/mol. The van der Waals surface area contributed by atoms with Crippen molar-refractivity contribution >= 4 is 28.4 Å². The number of carbonyl (C=O) groups is 2. The van der Waals surface area contributed by atoms with Crippen LogP contribution in [0.15, 0.2) is 72.9 Å². The highest BCUT2D eigenvalue weighted by Crippen LogP contribution is 2.58. The van der Waals surface area contributed by atoms with Crippen LogP contribution in [-0.2, 0) is 9.59 Å². The molecule has 4 aromatic rings. The van der Waals surface area contributed by atoms with Crippen molar-refractivity contribution in [2.24, 2.45) is 5.41 Å². The topological polar surface area (TPSA) is 67.2 Å². The first-order valence-corrected chi connectivity index (χ1v) is 12.3. The minimum atomic E-state index is -4.70. The lowest BCUT2D eigenvalue weighted by Crippen LogP contribution is -2.47. The van der Waals surface area contributed by atoms with E-state index in [2.05, 4.69) is 10.4 Å². The molecule has 11 heteroatoms. The number of carbonyl (C=O) groups excluding carboxylic acids is 2. The molecular formula is C28H21F5N4O2. The van der Waals surface area contributed by atoms with Gasteiger partial charge >= 0.3 is 6.18 Å². The molecule has 1 saturated carbocycles. The maximum absolute atomic E-state index is 14.2. The van der Waals surface area contributed by atoms with E-state index in [1.807, 2.05) is 0 Å². The fourth-order valence-electron chi connectivity index (χ4n) is 5.27. The van der Waals surface area contributed by atoms with Crippen LogP contribution in [0.3, 0.4) is 0 Å². The molecule has 2 aliphatic rings. The monoisotopic (exact) mass is 540 g/mol. The first kappa shape index (κ1) is 25.0. The van der Waals surface area contributed by atoms with Gasteiger partial charge in [0.2, 0.25) is 11.8 Å². The number of nitrogens with one attached hydrogen (secondary N) is 1. The van der Waals surface area contributed by atoms with Gasteiger partial charge in [-0.25, -0.2) is 13.5 Å². The van der Waals surface area contributed by atoms with Crippen molar-refractivity contribution < 1.29 is 31.5 Å². The van der Waals surface area contributed by atoms with Crippen LogP contribution in [0.5, 0.6) is 0 Å². The smallest absolute Gasteiger partial charge is 0.350 e. The zero-order chi connectivity index (χ0) is 27.5. The predicted molar refractivity (Wildman–Crippen MR) is 132 cm³/mol. The second-order valence-electron chi connectivity index (χ2n) is 9.90. The van der Waals surface area contributed by atoms with Crippen LogP contribution in [0, 0.1) is 17.0 Å². The Kier molecular flexibility index (Phi) is 5.70. The van der Waals surface area contributed by atoms with Crippen molar-refractivity contribution in [3.05, 3.63) is 90.1 Å². The third-order valence-electron chi connectivity index (χ3n) is 7.46. The summed E-state index contributed by atoms with van der Waals surface area (Å²) in [6.45, 7) is 0. The molecule has 1 aromatic heterocycles. The van der Waals surface area contributed by atoms with Crippen LogP contribution >= 0.6 is 0 Å². The van der Waals surface area contributed by atoms with Crippen molar-refractivity contribution in [2.45, 2.75) is 37.5 Å². The first-order chi connectivity index (χ1) is 18.6. The molecule has 1 aliphatic heterocycles. The third-order valence-corrected chi connectivity index (χ3v) is 7.46. The molecule has 1 aliphatic carbocycles. The molecule has 0 radical (unpaired) electrons. The Balaban J connectivity index is 1.37. The Morgan fingerprint density at radius 2 is 1.67 bits per heavy atom. The molecule has 2 atom stereocenters. The van der Waals surface area contributed by atoms with Crippen molar-refractivity contribution in [1.82, 2.24) is 15.1 Å². The highest BCUT2D eigenvalue weighted by Gasteiger charge is 2.69. The Hall–Kier alpha value is -4.28. The van der Waals surface area contributed by atoms with Gasteiger partial charge in [-0.05, 0) is 73.0 Å². The van der Waals surface area contributed by atoms with Crippen LogP contribution in [0.2, 0.25) is 0 Å². The van der Waals surface area contributed by atoms with Crippen molar-refractivity contribution in [1.29, 1.82) is 0 Å². The predicted octanol–water partition coefficient (Wildman–Crippen LogP) is 5.61. The number of fused-ring (bicyclic) bond motifs is 1. The number of aromatic nitrogens is 2. The lowest BCUT2D eigenvalue weighted by molar-refractivity contribution is -0.192. The second-order valence-corrected chi connectivity index (χ2v) is 9.90. The van der Waals surface area contributed by atoms with Gasteiger partial charge in [0.25, 0.3) is 0 Å². The molecule has 2 amide bonds. The zero-order valence-corrected chi connectivity index (χ0v) is 20.3. The summed E-state index contributed by atoms with van der Waals surface area (Å²) in [5.74, 6) is -2.58. The number of hydrogen-bond acceptors (Lipinski definition) is 3. The van der Waals surface area contributed by atoms with Crippen LogP contribution in [0.25, 0.3) is 16.6 Å². The third kappa shape index (κ3) is 4.21. The van der Waals surface area contributed by atoms with E-state index in [9.17, 15) is 31.5 Å². The van der Waals surface area contributed by atoms with Gasteiger partial charge < -0.3 is 10.2 Å². The zero-order valence-electron chi connectivity index (χ0n) is 20.3. The first-order valence-electron chi connectivity index (χ1n) is 12.3. The molecule has 2 unspecified atom stereocenters. The maximum Gasteiger partial charge on any atom is 0.403 e. The normalized spacial score (nSPS) is 20.4. The number of alkyl halides is 3. The molecule has 0 spiro atoms. The number of rotatable bonds is 5. The van der Waals surface area contributed by atoms with Gasteiger partial charge in [-0.3, -0.25) is 9.59 Å². The number of benzene rings is 3. The summed E-state index contributed by atoms with van der Waals surface area (Å²) in [5.41, 5.74) is -0.413. The largest absolute Gasteiger partial charge is 0.403 e. The summed E-state index contributed by atoms with van der Waals surface area (Å²) >= 11 is 0. The minimum absolute atomic E-state index is 0.256. The number of hydrogen-bond donors (Lipinski definition) is 1. The number of halogens is 5. The molecule has 6 rings (SSSR count).